The predicted octanol–water partition coefficient (Wildman–Crippen LogP) is 5.05. The van der Waals surface area contributed by atoms with Crippen LogP contribution in [0.15, 0.2) is 30.3 Å². The Kier molecular flexibility index (Phi) is 4.06. The minimum Gasteiger partial charge on any atom is -0.422 e. The highest BCUT2D eigenvalue weighted by molar-refractivity contribution is 7.12. The summed E-state index contributed by atoms with van der Waals surface area (Å²) in [7, 11) is 0. The molecular weight excluding hydrogens is 368 g/mol. The van der Waals surface area contributed by atoms with Crippen LogP contribution in [0.3, 0.4) is 0 Å². The topological polar surface area (TPSA) is 85.5 Å². The van der Waals surface area contributed by atoms with E-state index in [9.17, 15) is 5.26 Å². The van der Waals surface area contributed by atoms with Crippen LogP contribution in [0.4, 0.5) is 0 Å². The van der Waals surface area contributed by atoms with Gasteiger partial charge in [-0.1, -0.05) is 29.8 Å². The van der Waals surface area contributed by atoms with Crippen molar-refractivity contribution in [3.8, 4) is 23.2 Å². The molecule has 0 fully saturated rings. The van der Waals surface area contributed by atoms with Crippen molar-refractivity contribution in [1.82, 2.24) is 10.2 Å². The van der Waals surface area contributed by atoms with Crippen LogP contribution in [0.25, 0.3) is 11.3 Å². The van der Waals surface area contributed by atoms with Crippen molar-refractivity contribution in [2.45, 2.75) is 19.8 Å². The van der Waals surface area contributed by atoms with Crippen molar-refractivity contribution < 1.29 is 4.74 Å². The molecule has 0 saturated heterocycles. The quantitative estimate of drug-likeness (QED) is 0.650. The molecule has 1 aliphatic heterocycles. The second-order valence-corrected chi connectivity index (χ2v) is 8.08. The lowest BCUT2D eigenvalue weighted by Gasteiger charge is -2.28. The summed E-state index contributed by atoms with van der Waals surface area (Å²) in [6.07, 6.45) is 0. The van der Waals surface area contributed by atoms with E-state index in [-0.39, 0.29) is 5.90 Å². The smallest absolute Gasteiger partial charge is 0.244 e. The molecule has 0 radical (unpaired) electrons. The van der Waals surface area contributed by atoms with Gasteiger partial charge < -0.3 is 4.74 Å². The van der Waals surface area contributed by atoms with E-state index in [0.29, 0.717) is 10.9 Å². The van der Waals surface area contributed by atoms with Gasteiger partial charge in [-0.25, -0.2) is 0 Å². The van der Waals surface area contributed by atoms with Crippen molar-refractivity contribution in [3.63, 3.8) is 0 Å². The van der Waals surface area contributed by atoms with Crippen molar-refractivity contribution in [2.75, 3.05) is 0 Å². The van der Waals surface area contributed by atoms with E-state index in [1.54, 1.807) is 17.4 Å². The van der Waals surface area contributed by atoms with Gasteiger partial charge in [0.05, 0.1) is 17.3 Å². The monoisotopic (exact) mass is 382 g/mol. The zero-order valence-corrected chi connectivity index (χ0v) is 15.7. The number of H-pyrrole nitrogens is 1. The molecule has 5 nitrogen and oxygen atoms in total. The summed E-state index contributed by atoms with van der Waals surface area (Å²) >= 11 is 8.15. The number of aromatic amines is 1. The number of nitrogens with zero attached hydrogens (tertiary/aromatic N) is 2. The third kappa shape index (κ3) is 2.52. The first-order chi connectivity index (χ1) is 12.5. The van der Waals surface area contributed by atoms with Crippen LogP contribution in [0.1, 0.15) is 26.8 Å². The van der Waals surface area contributed by atoms with E-state index in [1.165, 1.54) is 4.88 Å². The van der Waals surface area contributed by atoms with Gasteiger partial charge in [-0.2, -0.15) is 5.26 Å². The van der Waals surface area contributed by atoms with E-state index in [0.717, 1.165) is 27.3 Å². The lowest BCUT2D eigenvalue weighted by molar-refractivity contribution is 0.437. The van der Waals surface area contributed by atoms with Gasteiger partial charge in [0.1, 0.15) is 5.92 Å². The standard InChI is InChI=1S/C19H15ClN4OS/c1-9-7-12(10(2)26-9)17-16-15(11-5-3-4-6-14(11)20)13(8-21)18(22)25-19(16)24-23-17/h3-7,13,15,22H,1-2H3,(H,23,24). The van der Waals surface area contributed by atoms with Gasteiger partial charge in [0.2, 0.25) is 11.8 Å². The Morgan fingerprint density at radius 3 is 2.77 bits per heavy atom. The van der Waals surface area contributed by atoms with E-state index < -0.39 is 11.8 Å². The molecule has 1 aliphatic rings. The summed E-state index contributed by atoms with van der Waals surface area (Å²) in [6.45, 7) is 4.11. The largest absolute Gasteiger partial charge is 0.422 e. The van der Waals surface area contributed by atoms with Crippen molar-refractivity contribution in [3.05, 3.63) is 56.2 Å². The van der Waals surface area contributed by atoms with Gasteiger partial charge in [-0.15, -0.1) is 16.4 Å². The number of thiophene rings is 1. The molecule has 2 unspecified atom stereocenters. The molecule has 4 rings (SSSR count). The Labute approximate surface area is 159 Å². The van der Waals surface area contributed by atoms with E-state index in [4.69, 9.17) is 21.7 Å². The fraction of sp³-hybridized carbons (Fsp3) is 0.211. The number of hydrogen-bond acceptors (Lipinski definition) is 5. The molecule has 0 aliphatic carbocycles. The summed E-state index contributed by atoms with van der Waals surface area (Å²) in [5.41, 5.74) is 3.43. The highest BCUT2D eigenvalue weighted by atomic mass is 35.5. The third-order valence-electron chi connectivity index (χ3n) is 4.59. The van der Waals surface area contributed by atoms with Crippen LogP contribution in [0, 0.1) is 36.5 Å². The maximum atomic E-state index is 9.72. The minimum absolute atomic E-state index is 0.110. The first-order valence-electron chi connectivity index (χ1n) is 8.07. The second-order valence-electron chi connectivity index (χ2n) is 6.22. The Bertz CT molecular complexity index is 1060. The van der Waals surface area contributed by atoms with E-state index in [2.05, 4.69) is 36.2 Å². The molecule has 0 bridgehead atoms. The Morgan fingerprint density at radius 1 is 1.35 bits per heavy atom. The van der Waals surface area contributed by atoms with E-state index >= 15 is 0 Å². The van der Waals surface area contributed by atoms with Gasteiger partial charge >= 0.3 is 0 Å². The van der Waals surface area contributed by atoms with Crippen LogP contribution in [-0.4, -0.2) is 16.1 Å². The Balaban J connectivity index is 1.99. The number of benzene rings is 1. The van der Waals surface area contributed by atoms with Crippen LogP contribution in [0.2, 0.25) is 5.02 Å². The van der Waals surface area contributed by atoms with Crippen LogP contribution >= 0.6 is 22.9 Å². The zero-order valence-electron chi connectivity index (χ0n) is 14.1. The highest BCUT2D eigenvalue weighted by Crippen LogP contribution is 2.48. The van der Waals surface area contributed by atoms with Crippen molar-refractivity contribution in [1.29, 1.82) is 10.7 Å². The number of nitrogens with one attached hydrogen (secondary N) is 2. The average molecular weight is 383 g/mol. The van der Waals surface area contributed by atoms with Gasteiger partial charge in [-0.3, -0.25) is 10.5 Å². The SMILES string of the molecule is Cc1cc(-c2[nH]nc3c2C(c2ccccc2Cl)C(C#N)C(=N)O3)c(C)s1. The van der Waals surface area contributed by atoms with Gasteiger partial charge in [0.25, 0.3) is 0 Å². The molecule has 3 aromatic rings. The van der Waals surface area contributed by atoms with Crippen molar-refractivity contribution in [2.24, 2.45) is 5.92 Å². The summed E-state index contributed by atoms with van der Waals surface area (Å²) in [5.74, 6) is -0.956. The Hall–Kier alpha value is -2.62. The maximum absolute atomic E-state index is 9.72. The number of rotatable bonds is 2. The fourth-order valence-electron chi connectivity index (χ4n) is 3.47. The zero-order chi connectivity index (χ0) is 18.4. The lowest BCUT2D eigenvalue weighted by Crippen LogP contribution is -2.31. The van der Waals surface area contributed by atoms with Crippen molar-refractivity contribution >= 4 is 28.8 Å². The van der Waals surface area contributed by atoms with Gasteiger partial charge in [0, 0.05) is 26.3 Å². The number of fused-ring (bicyclic) bond motifs is 1. The number of ether oxygens (including phenoxy) is 1. The first kappa shape index (κ1) is 16.8. The number of aromatic nitrogens is 2. The molecule has 2 atom stereocenters. The van der Waals surface area contributed by atoms with Crippen LogP contribution in [0.5, 0.6) is 5.88 Å². The highest BCUT2D eigenvalue weighted by Gasteiger charge is 2.41. The predicted molar refractivity (Wildman–Crippen MR) is 102 cm³/mol. The maximum Gasteiger partial charge on any atom is 0.244 e. The molecule has 1 aromatic carbocycles. The first-order valence-corrected chi connectivity index (χ1v) is 9.26. The molecule has 0 amide bonds. The summed E-state index contributed by atoms with van der Waals surface area (Å²) in [5, 5.41) is 25.8. The summed E-state index contributed by atoms with van der Waals surface area (Å²) in [4.78, 5) is 2.34. The molecule has 26 heavy (non-hydrogen) atoms. The molecule has 3 heterocycles. The molecule has 2 N–H and O–H groups in total. The number of nitriles is 1. The second kappa shape index (κ2) is 6.27. The molecule has 130 valence electrons. The normalized spacial score (nSPS) is 18.9. The Morgan fingerprint density at radius 2 is 2.12 bits per heavy atom. The third-order valence-corrected chi connectivity index (χ3v) is 5.90. The minimum atomic E-state index is -0.765. The van der Waals surface area contributed by atoms with Gasteiger partial charge in [0.15, 0.2) is 0 Å². The number of aryl methyl sites for hydroxylation is 2. The molecule has 0 spiro atoms. The van der Waals surface area contributed by atoms with Crippen LogP contribution in [-0.2, 0) is 0 Å². The molecule has 0 saturated carbocycles. The number of halogens is 1. The summed E-state index contributed by atoms with van der Waals surface area (Å²) in [6, 6.07) is 11.7. The number of hydrogen-bond donors (Lipinski definition) is 2. The average Bonchev–Trinajstić information content (AvgIpc) is 3.16. The van der Waals surface area contributed by atoms with Crippen LogP contribution < -0.4 is 4.74 Å². The molecule has 7 heteroatoms. The summed E-state index contributed by atoms with van der Waals surface area (Å²) < 4.78 is 5.55. The van der Waals surface area contributed by atoms with E-state index in [1.807, 2.05) is 18.2 Å². The molecular formula is C19H15ClN4OS. The van der Waals surface area contributed by atoms with Gasteiger partial charge in [-0.05, 0) is 31.5 Å². The molecule has 2 aromatic heterocycles. The lowest BCUT2D eigenvalue weighted by atomic mass is 9.79. The fourth-order valence-corrected chi connectivity index (χ4v) is 4.65.